The van der Waals surface area contributed by atoms with E-state index in [2.05, 4.69) is 40.2 Å². The van der Waals surface area contributed by atoms with Gasteiger partial charge in [-0.15, -0.1) is 11.6 Å². The molecule has 0 amide bonds. The number of halogens is 2. The van der Waals surface area contributed by atoms with Gasteiger partial charge in [0, 0.05) is 9.85 Å². The zero-order valence-corrected chi connectivity index (χ0v) is 11.1. The van der Waals surface area contributed by atoms with Gasteiger partial charge in [0.25, 0.3) is 0 Å². The molecule has 1 aromatic rings. The summed E-state index contributed by atoms with van der Waals surface area (Å²) in [6.07, 6.45) is 6.22. The number of hydrogen-bond acceptors (Lipinski definition) is 0. The average Bonchev–Trinajstić information content (AvgIpc) is 2.17. The molecule has 1 aliphatic rings. The van der Waals surface area contributed by atoms with Gasteiger partial charge in [0.05, 0.1) is 0 Å². The molecular weight excluding hydrogens is 272 g/mol. The lowest BCUT2D eigenvalue weighted by atomic mass is 9.84. The highest BCUT2D eigenvalue weighted by atomic mass is 79.9. The van der Waals surface area contributed by atoms with Crippen LogP contribution in [0.15, 0.2) is 28.7 Å². The molecule has 2 rings (SSSR count). The van der Waals surface area contributed by atoms with Crippen LogP contribution in [0.3, 0.4) is 0 Å². The van der Waals surface area contributed by atoms with E-state index < -0.39 is 0 Å². The predicted octanol–water partition coefficient (Wildman–Crippen LogP) is 4.79. The van der Waals surface area contributed by atoms with Gasteiger partial charge >= 0.3 is 0 Å². The highest BCUT2D eigenvalue weighted by molar-refractivity contribution is 9.10. The first-order valence-electron chi connectivity index (χ1n) is 5.62. The van der Waals surface area contributed by atoms with Crippen molar-refractivity contribution in [2.45, 2.75) is 37.5 Å². The van der Waals surface area contributed by atoms with Crippen LogP contribution in [0.2, 0.25) is 0 Å². The molecule has 0 N–H and O–H groups in total. The molecule has 2 heteroatoms. The second-order valence-corrected chi connectivity index (χ2v) is 6.00. The van der Waals surface area contributed by atoms with Gasteiger partial charge in [-0.3, -0.25) is 0 Å². The first kappa shape index (κ1) is 11.5. The third-order valence-electron chi connectivity index (χ3n) is 3.13. The molecule has 0 aromatic heterocycles. The van der Waals surface area contributed by atoms with Crippen molar-refractivity contribution in [2.75, 3.05) is 0 Å². The molecule has 15 heavy (non-hydrogen) atoms. The van der Waals surface area contributed by atoms with E-state index >= 15 is 0 Å². The lowest BCUT2D eigenvalue weighted by Gasteiger charge is -2.25. The number of alkyl halides is 1. The third-order valence-corrected chi connectivity index (χ3v) is 4.02. The normalized spacial score (nSPS) is 26.5. The SMILES string of the molecule is ClC1CCCC(Cc2cccc(Br)c2)C1. The largest absolute Gasteiger partial charge is 0.123 e. The van der Waals surface area contributed by atoms with Crippen LogP contribution in [-0.4, -0.2) is 5.38 Å². The highest BCUT2D eigenvalue weighted by Gasteiger charge is 2.20. The molecule has 2 atom stereocenters. The quantitative estimate of drug-likeness (QED) is 0.686. The molecule has 0 radical (unpaired) electrons. The van der Waals surface area contributed by atoms with Gasteiger partial charge in [-0.25, -0.2) is 0 Å². The maximum atomic E-state index is 6.20. The van der Waals surface area contributed by atoms with E-state index in [1.807, 2.05) is 0 Å². The highest BCUT2D eigenvalue weighted by Crippen LogP contribution is 2.30. The van der Waals surface area contributed by atoms with E-state index in [1.165, 1.54) is 42.1 Å². The van der Waals surface area contributed by atoms with Gasteiger partial charge in [-0.2, -0.15) is 0 Å². The monoisotopic (exact) mass is 286 g/mol. The molecule has 1 fully saturated rings. The van der Waals surface area contributed by atoms with Crippen LogP contribution >= 0.6 is 27.5 Å². The second-order valence-electron chi connectivity index (χ2n) is 4.46. The number of hydrogen-bond donors (Lipinski definition) is 0. The molecule has 82 valence electrons. The van der Waals surface area contributed by atoms with Crippen molar-refractivity contribution in [1.82, 2.24) is 0 Å². The summed E-state index contributed by atoms with van der Waals surface area (Å²) >= 11 is 9.71. The Morgan fingerprint density at radius 2 is 2.20 bits per heavy atom. The minimum Gasteiger partial charge on any atom is -0.123 e. The Hall–Kier alpha value is -0.0100. The van der Waals surface area contributed by atoms with E-state index in [0.29, 0.717) is 5.38 Å². The van der Waals surface area contributed by atoms with Crippen molar-refractivity contribution >= 4 is 27.5 Å². The molecule has 0 saturated heterocycles. The van der Waals surface area contributed by atoms with Crippen LogP contribution in [0.4, 0.5) is 0 Å². The predicted molar refractivity (Wildman–Crippen MR) is 69.4 cm³/mol. The Kier molecular flexibility index (Phi) is 4.10. The van der Waals surface area contributed by atoms with Crippen molar-refractivity contribution in [1.29, 1.82) is 0 Å². The Bertz CT molecular complexity index is 324. The van der Waals surface area contributed by atoms with Crippen molar-refractivity contribution < 1.29 is 0 Å². The smallest absolute Gasteiger partial charge is 0.0338 e. The van der Waals surface area contributed by atoms with Crippen molar-refractivity contribution in [2.24, 2.45) is 5.92 Å². The molecule has 0 spiro atoms. The maximum Gasteiger partial charge on any atom is 0.0338 e. The van der Waals surface area contributed by atoms with Gasteiger partial charge < -0.3 is 0 Å². The summed E-state index contributed by atoms with van der Waals surface area (Å²) in [6.45, 7) is 0. The Balaban J connectivity index is 1.96. The standard InChI is InChI=1S/C13H16BrCl/c14-12-5-1-3-10(8-12)7-11-4-2-6-13(15)9-11/h1,3,5,8,11,13H,2,4,6-7,9H2. The molecule has 1 aliphatic carbocycles. The van der Waals surface area contributed by atoms with Crippen molar-refractivity contribution in [3.05, 3.63) is 34.3 Å². The summed E-state index contributed by atoms with van der Waals surface area (Å²) in [5.74, 6) is 0.788. The summed E-state index contributed by atoms with van der Waals surface area (Å²) in [6, 6.07) is 8.62. The topological polar surface area (TPSA) is 0 Å². The summed E-state index contributed by atoms with van der Waals surface area (Å²) in [7, 11) is 0. The van der Waals surface area contributed by atoms with Gasteiger partial charge in [0.2, 0.25) is 0 Å². The van der Waals surface area contributed by atoms with Crippen LogP contribution in [0.25, 0.3) is 0 Å². The van der Waals surface area contributed by atoms with E-state index in [0.717, 1.165) is 5.92 Å². The Labute approximate surface area is 105 Å². The van der Waals surface area contributed by atoms with E-state index in [-0.39, 0.29) is 0 Å². The van der Waals surface area contributed by atoms with Gasteiger partial charge in [-0.05, 0) is 42.9 Å². The molecule has 0 nitrogen and oxygen atoms in total. The van der Waals surface area contributed by atoms with E-state index in [1.54, 1.807) is 0 Å². The minimum atomic E-state index is 0.413. The second kappa shape index (κ2) is 5.36. The third kappa shape index (κ3) is 3.49. The summed E-state index contributed by atoms with van der Waals surface area (Å²) in [4.78, 5) is 0. The number of rotatable bonds is 2. The van der Waals surface area contributed by atoms with Gasteiger partial charge in [0.1, 0.15) is 0 Å². The average molecular weight is 288 g/mol. The molecule has 0 bridgehead atoms. The van der Waals surface area contributed by atoms with Crippen LogP contribution in [-0.2, 0) is 6.42 Å². The van der Waals surface area contributed by atoms with E-state index in [9.17, 15) is 0 Å². The van der Waals surface area contributed by atoms with E-state index in [4.69, 9.17) is 11.6 Å². The van der Waals surface area contributed by atoms with Gasteiger partial charge in [0.15, 0.2) is 0 Å². The fraction of sp³-hybridized carbons (Fsp3) is 0.538. The zero-order chi connectivity index (χ0) is 10.7. The maximum absolute atomic E-state index is 6.20. The van der Waals surface area contributed by atoms with Crippen LogP contribution in [0.1, 0.15) is 31.2 Å². The van der Waals surface area contributed by atoms with Crippen molar-refractivity contribution in [3.8, 4) is 0 Å². The Morgan fingerprint density at radius 3 is 2.93 bits per heavy atom. The van der Waals surface area contributed by atoms with Gasteiger partial charge in [-0.1, -0.05) is 40.9 Å². The first-order chi connectivity index (χ1) is 7.24. The van der Waals surface area contributed by atoms with Crippen molar-refractivity contribution in [3.63, 3.8) is 0 Å². The minimum absolute atomic E-state index is 0.413. The molecule has 1 aromatic carbocycles. The summed E-state index contributed by atoms with van der Waals surface area (Å²) < 4.78 is 1.18. The Morgan fingerprint density at radius 1 is 1.33 bits per heavy atom. The molecule has 1 saturated carbocycles. The molecule has 0 heterocycles. The lowest BCUT2D eigenvalue weighted by Crippen LogP contribution is -2.17. The fourth-order valence-corrected chi connectivity index (χ4v) is 3.26. The lowest BCUT2D eigenvalue weighted by molar-refractivity contribution is 0.361. The zero-order valence-electron chi connectivity index (χ0n) is 8.76. The molecule has 0 aliphatic heterocycles. The summed E-state index contributed by atoms with van der Waals surface area (Å²) in [5.41, 5.74) is 1.43. The van der Waals surface area contributed by atoms with Crippen LogP contribution in [0, 0.1) is 5.92 Å². The molecular formula is C13H16BrCl. The van der Waals surface area contributed by atoms with Crippen LogP contribution in [0.5, 0.6) is 0 Å². The van der Waals surface area contributed by atoms with Crippen LogP contribution < -0.4 is 0 Å². The first-order valence-corrected chi connectivity index (χ1v) is 6.85. The fourth-order valence-electron chi connectivity index (χ4n) is 2.41. The molecule has 2 unspecified atom stereocenters. The number of benzene rings is 1. The summed E-state index contributed by atoms with van der Waals surface area (Å²) in [5, 5.41) is 0.413.